The molecule has 0 spiro atoms. The lowest BCUT2D eigenvalue weighted by Crippen LogP contribution is -2.27. The van der Waals surface area contributed by atoms with Crippen molar-refractivity contribution in [1.82, 2.24) is 14.1 Å². The van der Waals surface area contributed by atoms with E-state index in [4.69, 9.17) is 23.2 Å². The molecular weight excluding hydrogens is 357 g/mol. The van der Waals surface area contributed by atoms with E-state index in [-0.39, 0.29) is 21.5 Å². The SMILES string of the molecule is CCn1nc(C)c(CN(C)S(=O)(=O)c2c(Cl)cccc2Cl)c1C. The molecule has 5 nitrogen and oxygen atoms in total. The Morgan fingerprint density at radius 3 is 2.26 bits per heavy atom. The van der Waals surface area contributed by atoms with Gasteiger partial charge in [-0.15, -0.1) is 0 Å². The van der Waals surface area contributed by atoms with E-state index < -0.39 is 10.0 Å². The van der Waals surface area contributed by atoms with E-state index in [9.17, 15) is 8.42 Å². The second-order valence-electron chi connectivity index (χ2n) is 5.28. The first-order chi connectivity index (χ1) is 10.7. The molecule has 0 aliphatic heterocycles. The van der Waals surface area contributed by atoms with Crippen LogP contribution >= 0.6 is 23.2 Å². The fourth-order valence-corrected chi connectivity index (χ4v) is 4.69. The van der Waals surface area contributed by atoms with Crippen LogP contribution in [0.3, 0.4) is 0 Å². The highest BCUT2D eigenvalue weighted by molar-refractivity contribution is 7.89. The molecule has 0 saturated heterocycles. The first kappa shape index (κ1) is 18.3. The van der Waals surface area contributed by atoms with Gasteiger partial charge in [-0.25, -0.2) is 8.42 Å². The maximum Gasteiger partial charge on any atom is 0.246 e. The average Bonchev–Trinajstić information content (AvgIpc) is 2.74. The van der Waals surface area contributed by atoms with Crippen LogP contribution < -0.4 is 0 Å². The molecule has 0 atom stereocenters. The monoisotopic (exact) mass is 375 g/mol. The predicted molar refractivity (Wildman–Crippen MR) is 92.5 cm³/mol. The molecular formula is C15H19Cl2N3O2S. The summed E-state index contributed by atoms with van der Waals surface area (Å²) in [5.41, 5.74) is 2.66. The number of nitrogens with zero attached hydrogens (tertiary/aromatic N) is 3. The Hall–Kier alpha value is -1.08. The van der Waals surface area contributed by atoms with E-state index in [2.05, 4.69) is 5.10 Å². The van der Waals surface area contributed by atoms with Crippen LogP contribution in [-0.2, 0) is 23.1 Å². The fourth-order valence-electron chi connectivity index (χ4n) is 2.46. The summed E-state index contributed by atoms with van der Waals surface area (Å²) in [5, 5.41) is 4.64. The van der Waals surface area contributed by atoms with E-state index in [0.29, 0.717) is 0 Å². The van der Waals surface area contributed by atoms with Crippen LogP contribution in [-0.4, -0.2) is 29.6 Å². The van der Waals surface area contributed by atoms with Crippen LogP contribution in [0.15, 0.2) is 23.1 Å². The minimum absolute atomic E-state index is 0.0657. The molecule has 0 aliphatic rings. The number of aryl methyl sites for hydroxylation is 2. The van der Waals surface area contributed by atoms with Crippen LogP contribution in [0, 0.1) is 13.8 Å². The van der Waals surface area contributed by atoms with Gasteiger partial charge in [-0.05, 0) is 32.9 Å². The van der Waals surface area contributed by atoms with Crippen molar-refractivity contribution in [1.29, 1.82) is 0 Å². The minimum Gasteiger partial charge on any atom is -0.270 e. The molecule has 1 aromatic heterocycles. The Morgan fingerprint density at radius 1 is 1.22 bits per heavy atom. The van der Waals surface area contributed by atoms with Gasteiger partial charge < -0.3 is 0 Å². The second kappa shape index (κ2) is 6.81. The summed E-state index contributed by atoms with van der Waals surface area (Å²) in [5.74, 6) is 0. The Kier molecular flexibility index (Phi) is 5.41. The van der Waals surface area contributed by atoms with Crippen molar-refractivity contribution in [3.8, 4) is 0 Å². The van der Waals surface area contributed by atoms with Gasteiger partial charge in [-0.3, -0.25) is 4.68 Å². The highest BCUT2D eigenvalue weighted by atomic mass is 35.5. The molecule has 0 bridgehead atoms. The van der Waals surface area contributed by atoms with Gasteiger partial charge in [0.2, 0.25) is 10.0 Å². The zero-order valence-corrected chi connectivity index (χ0v) is 15.8. The standard InChI is InChI=1S/C15H19Cl2N3O2S/c1-5-20-11(3)12(10(2)18-20)9-19(4)23(21,22)15-13(16)7-6-8-14(15)17/h6-8H,5,9H2,1-4H3. The smallest absolute Gasteiger partial charge is 0.246 e. The molecule has 2 rings (SSSR count). The zero-order valence-electron chi connectivity index (χ0n) is 13.5. The summed E-state index contributed by atoms with van der Waals surface area (Å²) in [6.45, 7) is 6.74. The third-order valence-electron chi connectivity index (χ3n) is 3.80. The van der Waals surface area contributed by atoms with Gasteiger partial charge in [0, 0.05) is 31.4 Å². The molecule has 2 aromatic rings. The first-order valence-corrected chi connectivity index (χ1v) is 9.33. The normalized spacial score (nSPS) is 12.1. The van der Waals surface area contributed by atoms with Gasteiger partial charge in [0.25, 0.3) is 0 Å². The minimum atomic E-state index is -3.80. The second-order valence-corrected chi connectivity index (χ2v) is 8.07. The van der Waals surface area contributed by atoms with E-state index in [1.54, 1.807) is 6.07 Å². The van der Waals surface area contributed by atoms with Gasteiger partial charge in [-0.1, -0.05) is 29.3 Å². The number of sulfonamides is 1. The summed E-state index contributed by atoms with van der Waals surface area (Å²) in [7, 11) is -2.29. The van der Waals surface area contributed by atoms with Crippen LogP contribution in [0.5, 0.6) is 0 Å². The Morgan fingerprint density at radius 2 is 1.78 bits per heavy atom. The average molecular weight is 376 g/mol. The molecule has 0 radical (unpaired) electrons. The van der Waals surface area contributed by atoms with Crippen LogP contribution in [0.2, 0.25) is 10.0 Å². The van der Waals surface area contributed by atoms with E-state index >= 15 is 0 Å². The van der Waals surface area contributed by atoms with Crippen molar-refractivity contribution < 1.29 is 8.42 Å². The lowest BCUT2D eigenvalue weighted by molar-refractivity contribution is 0.465. The van der Waals surface area contributed by atoms with Gasteiger partial charge in [0.05, 0.1) is 15.7 Å². The Bertz CT molecular complexity index is 811. The van der Waals surface area contributed by atoms with Crippen molar-refractivity contribution in [3.05, 3.63) is 45.2 Å². The van der Waals surface area contributed by atoms with Gasteiger partial charge >= 0.3 is 0 Å². The topological polar surface area (TPSA) is 55.2 Å². The largest absolute Gasteiger partial charge is 0.270 e. The number of halogens is 2. The van der Waals surface area contributed by atoms with E-state index in [1.807, 2.05) is 25.5 Å². The van der Waals surface area contributed by atoms with Crippen molar-refractivity contribution in [2.75, 3.05) is 7.05 Å². The molecule has 0 unspecified atom stereocenters. The molecule has 23 heavy (non-hydrogen) atoms. The number of rotatable bonds is 5. The summed E-state index contributed by atoms with van der Waals surface area (Å²) in [4.78, 5) is -0.0657. The van der Waals surface area contributed by atoms with Crippen LogP contribution in [0.1, 0.15) is 23.9 Å². The number of hydrogen-bond donors (Lipinski definition) is 0. The molecule has 126 valence electrons. The van der Waals surface area contributed by atoms with E-state index in [0.717, 1.165) is 23.5 Å². The fraction of sp³-hybridized carbons (Fsp3) is 0.400. The molecule has 1 heterocycles. The molecule has 8 heteroatoms. The number of aromatic nitrogens is 2. The highest BCUT2D eigenvalue weighted by Gasteiger charge is 2.28. The van der Waals surface area contributed by atoms with E-state index in [1.165, 1.54) is 23.5 Å². The summed E-state index contributed by atoms with van der Waals surface area (Å²) < 4.78 is 28.7. The maximum atomic E-state index is 12.8. The lowest BCUT2D eigenvalue weighted by atomic mass is 10.2. The number of hydrogen-bond acceptors (Lipinski definition) is 3. The Balaban J connectivity index is 2.41. The molecule has 0 amide bonds. The highest BCUT2D eigenvalue weighted by Crippen LogP contribution is 2.32. The van der Waals surface area contributed by atoms with Crippen LogP contribution in [0.25, 0.3) is 0 Å². The molecule has 0 N–H and O–H groups in total. The predicted octanol–water partition coefficient (Wildman–Crippen LogP) is 3.65. The first-order valence-electron chi connectivity index (χ1n) is 7.13. The third kappa shape index (κ3) is 3.40. The van der Waals surface area contributed by atoms with Gasteiger partial charge in [0.1, 0.15) is 4.90 Å². The summed E-state index contributed by atoms with van der Waals surface area (Å²) >= 11 is 12.1. The molecule has 1 aromatic carbocycles. The van der Waals surface area contributed by atoms with Crippen molar-refractivity contribution in [3.63, 3.8) is 0 Å². The zero-order chi connectivity index (χ0) is 17.4. The van der Waals surface area contributed by atoms with Crippen molar-refractivity contribution in [2.24, 2.45) is 0 Å². The van der Waals surface area contributed by atoms with Gasteiger partial charge in [0.15, 0.2) is 0 Å². The quantitative estimate of drug-likeness (QED) is 0.801. The lowest BCUT2D eigenvalue weighted by Gasteiger charge is -2.19. The van der Waals surface area contributed by atoms with Crippen molar-refractivity contribution >= 4 is 33.2 Å². The molecule has 0 saturated carbocycles. The maximum absolute atomic E-state index is 12.8. The van der Waals surface area contributed by atoms with Gasteiger partial charge in [-0.2, -0.15) is 9.40 Å². The molecule has 0 fully saturated rings. The molecule has 0 aliphatic carbocycles. The third-order valence-corrected chi connectivity index (χ3v) is 6.56. The summed E-state index contributed by atoms with van der Waals surface area (Å²) in [6, 6.07) is 4.64. The van der Waals surface area contributed by atoms with Crippen molar-refractivity contribution in [2.45, 2.75) is 38.8 Å². The number of benzene rings is 1. The summed E-state index contributed by atoms with van der Waals surface area (Å²) in [6.07, 6.45) is 0. The Labute approximate surface area is 146 Å². The van der Waals surface area contributed by atoms with Crippen LogP contribution in [0.4, 0.5) is 0 Å².